The van der Waals surface area contributed by atoms with E-state index >= 15 is 0 Å². The van der Waals surface area contributed by atoms with Crippen molar-refractivity contribution in [1.29, 1.82) is 5.26 Å². The maximum absolute atomic E-state index is 12.3. The monoisotopic (exact) mass is 442 g/mol. The summed E-state index contributed by atoms with van der Waals surface area (Å²) >= 11 is 0. The number of amides is 1. The second kappa shape index (κ2) is 10.8. The van der Waals surface area contributed by atoms with Gasteiger partial charge in [0.1, 0.15) is 11.9 Å². The lowest BCUT2D eigenvalue weighted by molar-refractivity contribution is -0.144. The van der Waals surface area contributed by atoms with E-state index in [2.05, 4.69) is 22.8 Å². The molecule has 0 bridgehead atoms. The van der Waals surface area contributed by atoms with E-state index in [0.717, 1.165) is 56.6 Å². The third-order valence-electron chi connectivity index (χ3n) is 6.45. The van der Waals surface area contributed by atoms with Crippen molar-refractivity contribution in [2.45, 2.75) is 77.4 Å². The van der Waals surface area contributed by atoms with E-state index in [0.29, 0.717) is 5.92 Å². The van der Waals surface area contributed by atoms with Gasteiger partial charge in [-0.3, -0.25) is 4.79 Å². The van der Waals surface area contributed by atoms with Crippen molar-refractivity contribution in [2.24, 2.45) is 11.3 Å². The van der Waals surface area contributed by atoms with Crippen LogP contribution in [0.15, 0.2) is 12.1 Å². The van der Waals surface area contributed by atoms with Crippen LogP contribution in [0.1, 0.15) is 63.6 Å². The fourth-order valence-corrected chi connectivity index (χ4v) is 4.15. The van der Waals surface area contributed by atoms with Crippen molar-refractivity contribution in [1.82, 2.24) is 10.3 Å². The van der Waals surface area contributed by atoms with Crippen LogP contribution in [0.2, 0.25) is 0 Å². The second-order valence-corrected chi connectivity index (χ2v) is 9.58. The first-order valence-corrected chi connectivity index (χ1v) is 11.5. The van der Waals surface area contributed by atoms with Crippen molar-refractivity contribution in [3.8, 4) is 6.07 Å². The molecule has 2 aliphatic rings. The number of carboxylic acid groups (broad SMARTS) is 1. The molecule has 1 aromatic heterocycles. The highest BCUT2D eigenvalue weighted by Crippen LogP contribution is 2.34. The molecule has 0 aromatic carbocycles. The van der Waals surface area contributed by atoms with E-state index in [1.165, 1.54) is 5.56 Å². The summed E-state index contributed by atoms with van der Waals surface area (Å²) in [5, 5.41) is 24.1. The van der Waals surface area contributed by atoms with Crippen LogP contribution >= 0.6 is 0 Å². The number of carbonyl (C=O) groups is 2. The molecule has 8 heteroatoms. The number of hydrogen-bond donors (Lipinski definition) is 3. The highest BCUT2D eigenvalue weighted by Gasteiger charge is 2.32. The van der Waals surface area contributed by atoms with E-state index in [1.807, 2.05) is 6.07 Å². The number of fused-ring (bicyclic) bond motifs is 1. The number of aromatic nitrogens is 1. The number of carboxylic acids is 1. The van der Waals surface area contributed by atoms with E-state index in [9.17, 15) is 14.7 Å². The molecule has 3 N–H and O–H groups in total. The summed E-state index contributed by atoms with van der Waals surface area (Å²) < 4.78 is 5.84. The Morgan fingerprint density at radius 2 is 2.19 bits per heavy atom. The molecule has 0 saturated heterocycles. The number of aryl methyl sites for hydroxylation is 2. The molecule has 1 aliphatic heterocycles. The summed E-state index contributed by atoms with van der Waals surface area (Å²) in [6.45, 7) is 4.54. The SMILES string of the molecule is CC(C)(CC#N)C(=O)N[C@@H](CCOC1CC(CCc2ccc3c(n2)NCCC3)C1)C(=O)O. The average molecular weight is 443 g/mol. The summed E-state index contributed by atoms with van der Waals surface area (Å²) in [7, 11) is 0. The third-order valence-corrected chi connectivity index (χ3v) is 6.45. The number of rotatable bonds is 11. The number of pyridine rings is 1. The quantitative estimate of drug-likeness (QED) is 0.481. The number of hydrogen-bond acceptors (Lipinski definition) is 6. The van der Waals surface area contributed by atoms with Gasteiger partial charge < -0.3 is 20.5 Å². The lowest BCUT2D eigenvalue weighted by Crippen LogP contribution is -2.47. The zero-order valence-corrected chi connectivity index (χ0v) is 19.0. The molecule has 8 nitrogen and oxygen atoms in total. The summed E-state index contributed by atoms with van der Waals surface area (Å²) in [5.41, 5.74) is 1.51. The number of nitriles is 1. The average Bonchev–Trinajstić information content (AvgIpc) is 2.73. The molecule has 1 fully saturated rings. The number of aliphatic carboxylic acids is 1. The van der Waals surface area contributed by atoms with Crippen LogP contribution in [-0.2, 0) is 27.2 Å². The minimum Gasteiger partial charge on any atom is -0.480 e. The fourth-order valence-electron chi connectivity index (χ4n) is 4.15. The van der Waals surface area contributed by atoms with Gasteiger partial charge in [0.25, 0.3) is 0 Å². The van der Waals surface area contributed by atoms with Crippen LogP contribution in [0.25, 0.3) is 0 Å². The number of ether oxygens (including phenoxy) is 1. The van der Waals surface area contributed by atoms with Crippen molar-refractivity contribution in [3.05, 3.63) is 23.4 Å². The molecule has 0 radical (unpaired) electrons. The summed E-state index contributed by atoms with van der Waals surface area (Å²) in [6.07, 6.45) is 6.63. The summed E-state index contributed by atoms with van der Waals surface area (Å²) in [5.74, 6) is 0.126. The Bertz CT molecular complexity index is 858. The normalized spacial score (nSPS) is 20.8. The minimum atomic E-state index is -1.09. The van der Waals surface area contributed by atoms with Crippen molar-refractivity contribution in [3.63, 3.8) is 0 Å². The fraction of sp³-hybridized carbons (Fsp3) is 0.667. The van der Waals surface area contributed by atoms with E-state index < -0.39 is 23.3 Å². The van der Waals surface area contributed by atoms with Gasteiger partial charge in [0, 0.05) is 31.7 Å². The van der Waals surface area contributed by atoms with Gasteiger partial charge in [-0.05, 0) is 56.1 Å². The standard InChI is InChI=1S/C24H34N4O4/c1-24(2,10-11-25)23(31)28-20(22(29)30)9-13-32-19-14-16(15-19)5-7-18-8-6-17-4-3-12-26-21(17)27-18/h6,8,16,19-20H,3-5,7,9-10,12-15H2,1-2H3,(H,26,27)(H,28,31)(H,29,30)/t16?,19?,20-/m0/s1. The number of nitrogens with zero attached hydrogens (tertiary/aromatic N) is 2. The van der Waals surface area contributed by atoms with Gasteiger partial charge in [0.15, 0.2) is 0 Å². The predicted molar refractivity (Wildman–Crippen MR) is 120 cm³/mol. The van der Waals surface area contributed by atoms with Crippen molar-refractivity contribution >= 4 is 17.7 Å². The van der Waals surface area contributed by atoms with Gasteiger partial charge in [-0.15, -0.1) is 0 Å². The smallest absolute Gasteiger partial charge is 0.326 e. The highest BCUT2D eigenvalue weighted by atomic mass is 16.5. The molecule has 2 heterocycles. The van der Waals surface area contributed by atoms with Crippen LogP contribution in [0, 0.1) is 22.7 Å². The van der Waals surface area contributed by atoms with Gasteiger partial charge in [0.05, 0.1) is 17.6 Å². The molecular weight excluding hydrogens is 408 g/mol. The molecule has 0 unspecified atom stereocenters. The van der Waals surface area contributed by atoms with Crippen LogP contribution in [0.5, 0.6) is 0 Å². The molecule has 3 rings (SSSR count). The third kappa shape index (κ3) is 6.42. The van der Waals surface area contributed by atoms with E-state index in [-0.39, 0.29) is 25.6 Å². The second-order valence-electron chi connectivity index (χ2n) is 9.58. The maximum atomic E-state index is 12.3. The molecule has 0 spiro atoms. The Balaban J connectivity index is 1.34. The van der Waals surface area contributed by atoms with Gasteiger partial charge in [-0.2, -0.15) is 5.26 Å². The molecule has 174 valence electrons. The van der Waals surface area contributed by atoms with Crippen molar-refractivity contribution in [2.75, 3.05) is 18.5 Å². The topological polar surface area (TPSA) is 124 Å². The predicted octanol–water partition coefficient (Wildman–Crippen LogP) is 3.07. The molecule has 1 saturated carbocycles. The Labute approximate surface area is 189 Å². The zero-order valence-electron chi connectivity index (χ0n) is 19.0. The molecule has 32 heavy (non-hydrogen) atoms. The number of nitrogens with one attached hydrogen (secondary N) is 2. The van der Waals surface area contributed by atoms with Gasteiger partial charge in [-0.1, -0.05) is 19.9 Å². The summed E-state index contributed by atoms with van der Waals surface area (Å²) in [4.78, 5) is 28.5. The first-order chi connectivity index (χ1) is 15.3. The lowest BCUT2D eigenvalue weighted by atomic mass is 9.79. The van der Waals surface area contributed by atoms with Gasteiger partial charge in [0.2, 0.25) is 5.91 Å². The zero-order chi connectivity index (χ0) is 23.1. The Kier molecular flexibility index (Phi) is 8.08. The first kappa shape index (κ1) is 24.0. The van der Waals surface area contributed by atoms with Gasteiger partial charge in [-0.25, -0.2) is 9.78 Å². The Morgan fingerprint density at radius 3 is 2.91 bits per heavy atom. The highest BCUT2D eigenvalue weighted by molar-refractivity contribution is 5.87. The van der Waals surface area contributed by atoms with Crippen LogP contribution in [0.4, 0.5) is 5.82 Å². The molecule has 1 atom stereocenters. The number of anilines is 1. The summed E-state index contributed by atoms with van der Waals surface area (Å²) in [6, 6.07) is 5.27. The first-order valence-electron chi connectivity index (χ1n) is 11.5. The molecule has 1 aromatic rings. The van der Waals surface area contributed by atoms with Crippen LogP contribution < -0.4 is 10.6 Å². The molecular formula is C24H34N4O4. The van der Waals surface area contributed by atoms with Crippen LogP contribution in [0.3, 0.4) is 0 Å². The van der Waals surface area contributed by atoms with E-state index in [1.54, 1.807) is 13.8 Å². The lowest BCUT2D eigenvalue weighted by Gasteiger charge is -2.35. The Hall–Kier alpha value is -2.66. The van der Waals surface area contributed by atoms with E-state index in [4.69, 9.17) is 15.0 Å². The van der Waals surface area contributed by atoms with Gasteiger partial charge >= 0.3 is 5.97 Å². The molecule has 1 aliphatic carbocycles. The Morgan fingerprint density at radius 1 is 1.41 bits per heavy atom. The number of carbonyl (C=O) groups excluding carboxylic acids is 1. The molecule has 1 amide bonds. The minimum absolute atomic E-state index is 0.0304. The maximum Gasteiger partial charge on any atom is 0.326 e. The largest absolute Gasteiger partial charge is 0.480 e. The van der Waals surface area contributed by atoms with Crippen LogP contribution in [-0.4, -0.2) is 47.3 Å². The van der Waals surface area contributed by atoms with Crippen molar-refractivity contribution < 1.29 is 19.4 Å².